The van der Waals surface area contributed by atoms with Crippen molar-refractivity contribution in [3.8, 4) is 5.75 Å². The Hall–Kier alpha value is -2.82. The first-order chi connectivity index (χ1) is 11.9. The summed E-state index contributed by atoms with van der Waals surface area (Å²) < 4.78 is 10.8. The van der Waals surface area contributed by atoms with Gasteiger partial charge < -0.3 is 9.15 Å². The maximum Gasteiger partial charge on any atom is 0.277 e. The minimum atomic E-state index is -0.311. The second-order valence-electron chi connectivity index (χ2n) is 6.67. The molecule has 0 fully saturated rings. The van der Waals surface area contributed by atoms with Crippen LogP contribution in [0.3, 0.4) is 0 Å². The molecule has 0 unspecified atom stereocenters. The van der Waals surface area contributed by atoms with Gasteiger partial charge in [0, 0.05) is 0 Å². The molecule has 0 saturated carbocycles. The van der Waals surface area contributed by atoms with Crippen LogP contribution in [-0.2, 0) is 10.2 Å². The molecule has 2 rings (SSSR count). The van der Waals surface area contributed by atoms with Crippen LogP contribution in [0.15, 0.2) is 58.3 Å². The summed E-state index contributed by atoms with van der Waals surface area (Å²) in [4.78, 5) is 11.9. The number of furan rings is 1. The van der Waals surface area contributed by atoms with Crippen LogP contribution in [0.5, 0.6) is 5.75 Å². The van der Waals surface area contributed by atoms with Gasteiger partial charge in [-0.05, 0) is 48.3 Å². The zero-order chi connectivity index (χ0) is 18.3. The summed E-state index contributed by atoms with van der Waals surface area (Å²) in [6.45, 7) is 8.01. The molecule has 25 heavy (non-hydrogen) atoms. The van der Waals surface area contributed by atoms with Crippen molar-refractivity contribution in [3.05, 3.63) is 60.1 Å². The second-order valence-corrected chi connectivity index (χ2v) is 6.67. The topological polar surface area (TPSA) is 63.8 Å². The number of nitrogens with one attached hydrogen (secondary N) is 1. The van der Waals surface area contributed by atoms with E-state index in [9.17, 15) is 4.79 Å². The SMILES string of the molecule is CC(C=Cc1ccco1)=NNC(=O)COc1ccccc1C(C)(C)C. The lowest BCUT2D eigenvalue weighted by molar-refractivity contribution is -0.123. The normalized spacial score (nSPS) is 12.4. The molecule has 1 aromatic heterocycles. The lowest BCUT2D eigenvalue weighted by Gasteiger charge is -2.22. The van der Waals surface area contributed by atoms with Crippen LogP contribution in [-0.4, -0.2) is 18.2 Å². The molecular weight excluding hydrogens is 316 g/mol. The first-order valence-electron chi connectivity index (χ1n) is 8.13. The maximum atomic E-state index is 11.9. The first kappa shape index (κ1) is 18.5. The van der Waals surface area contributed by atoms with Gasteiger partial charge in [-0.15, -0.1) is 0 Å². The maximum absolute atomic E-state index is 11.9. The van der Waals surface area contributed by atoms with E-state index in [0.29, 0.717) is 11.5 Å². The van der Waals surface area contributed by atoms with Crippen LogP contribution in [0.1, 0.15) is 39.0 Å². The lowest BCUT2D eigenvalue weighted by atomic mass is 9.86. The molecule has 5 nitrogen and oxygen atoms in total. The highest BCUT2D eigenvalue weighted by Crippen LogP contribution is 2.30. The lowest BCUT2D eigenvalue weighted by Crippen LogP contribution is -2.26. The van der Waals surface area contributed by atoms with Gasteiger partial charge in [-0.1, -0.05) is 39.0 Å². The Morgan fingerprint density at radius 1 is 1.24 bits per heavy atom. The van der Waals surface area contributed by atoms with Crippen LogP contribution < -0.4 is 10.2 Å². The van der Waals surface area contributed by atoms with Crippen molar-refractivity contribution in [3.63, 3.8) is 0 Å². The van der Waals surface area contributed by atoms with Gasteiger partial charge in [-0.3, -0.25) is 4.79 Å². The number of benzene rings is 1. The Balaban J connectivity index is 1.88. The number of nitrogens with zero attached hydrogens (tertiary/aromatic N) is 1. The number of carbonyl (C=O) groups excluding carboxylic acids is 1. The molecule has 0 aliphatic carbocycles. The Morgan fingerprint density at radius 3 is 2.68 bits per heavy atom. The number of rotatable bonds is 6. The Kier molecular flexibility index (Phi) is 6.17. The van der Waals surface area contributed by atoms with E-state index in [2.05, 4.69) is 31.3 Å². The fourth-order valence-electron chi connectivity index (χ4n) is 2.16. The van der Waals surface area contributed by atoms with Gasteiger partial charge in [0.15, 0.2) is 6.61 Å². The number of hydrogen-bond acceptors (Lipinski definition) is 4. The zero-order valence-electron chi connectivity index (χ0n) is 15.1. The van der Waals surface area contributed by atoms with Gasteiger partial charge >= 0.3 is 0 Å². The fraction of sp³-hybridized carbons (Fsp3) is 0.300. The van der Waals surface area contributed by atoms with Crippen LogP contribution in [0.25, 0.3) is 6.08 Å². The predicted octanol–water partition coefficient (Wildman–Crippen LogP) is 4.16. The number of amides is 1. The summed E-state index contributed by atoms with van der Waals surface area (Å²) in [6, 6.07) is 11.4. The monoisotopic (exact) mass is 340 g/mol. The summed E-state index contributed by atoms with van der Waals surface area (Å²) in [5.41, 5.74) is 4.14. The van der Waals surface area contributed by atoms with Crippen LogP contribution in [0.4, 0.5) is 0 Å². The predicted molar refractivity (Wildman–Crippen MR) is 99.6 cm³/mol. The van der Waals surface area contributed by atoms with E-state index in [1.54, 1.807) is 31.4 Å². The second kappa shape index (κ2) is 8.33. The van der Waals surface area contributed by atoms with Gasteiger partial charge in [0.05, 0.1) is 12.0 Å². The highest BCUT2D eigenvalue weighted by Gasteiger charge is 2.18. The summed E-state index contributed by atoms with van der Waals surface area (Å²) in [5, 5.41) is 4.02. The van der Waals surface area contributed by atoms with Crippen molar-refractivity contribution in [2.45, 2.75) is 33.1 Å². The zero-order valence-corrected chi connectivity index (χ0v) is 15.1. The molecule has 132 valence electrons. The van der Waals surface area contributed by atoms with Gasteiger partial charge in [-0.2, -0.15) is 5.10 Å². The molecule has 0 aliphatic rings. The van der Waals surface area contributed by atoms with E-state index in [1.807, 2.05) is 30.3 Å². The molecule has 5 heteroatoms. The average Bonchev–Trinajstić information content (AvgIpc) is 3.09. The van der Waals surface area contributed by atoms with Crippen LogP contribution >= 0.6 is 0 Å². The molecular formula is C20H24N2O3. The van der Waals surface area contributed by atoms with Gasteiger partial charge in [0.1, 0.15) is 11.5 Å². The number of carbonyl (C=O) groups is 1. The van der Waals surface area contributed by atoms with E-state index < -0.39 is 0 Å². The molecule has 2 aromatic rings. The van der Waals surface area contributed by atoms with E-state index in [4.69, 9.17) is 9.15 Å². The Labute approximate surface area is 148 Å². The quantitative estimate of drug-likeness (QED) is 0.634. The van der Waals surface area contributed by atoms with Gasteiger partial charge in [0.2, 0.25) is 0 Å². The molecule has 0 radical (unpaired) electrons. The number of allylic oxidation sites excluding steroid dienone is 1. The molecule has 0 bridgehead atoms. The highest BCUT2D eigenvalue weighted by atomic mass is 16.5. The Bertz CT molecular complexity index is 753. The molecule has 1 aromatic carbocycles. The smallest absolute Gasteiger partial charge is 0.277 e. The van der Waals surface area contributed by atoms with E-state index >= 15 is 0 Å². The van der Waals surface area contributed by atoms with Crippen molar-refractivity contribution >= 4 is 17.7 Å². The van der Waals surface area contributed by atoms with Crippen molar-refractivity contribution in [2.24, 2.45) is 5.10 Å². The van der Waals surface area contributed by atoms with Crippen LogP contribution in [0, 0.1) is 0 Å². The van der Waals surface area contributed by atoms with E-state index in [0.717, 1.165) is 11.3 Å². The van der Waals surface area contributed by atoms with Crippen molar-refractivity contribution < 1.29 is 13.9 Å². The third-order valence-electron chi connectivity index (χ3n) is 3.44. The van der Waals surface area contributed by atoms with E-state index in [-0.39, 0.29) is 17.9 Å². The average molecular weight is 340 g/mol. The molecule has 0 atom stereocenters. The van der Waals surface area contributed by atoms with Crippen molar-refractivity contribution in [1.82, 2.24) is 5.43 Å². The number of para-hydroxylation sites is 1. The highest BCUT2D eigenvalue weighted by molar-refractivity contribution is 5.96. The van der Waals surface area contributed by atoms with Crippen molar-refractivity contribution in [1.29, 1.82) is 0 Å². The van der Waals surface area contributed by atoms with E-state index in [1.165, 1.54) is 0 Å². The summed E-state index contributed by atoms with van der Waals surface area (Å²) >= 11 is 0. The standard InChI is InChI=1S/C20H24N2O3/c1-15(11-12-16-8-7-13-24-16)21-22-19(23)14-25-18-10-6-5-9-17(18)20(2,3)4/h5-13H,14H2,1-4H3,(H,22,23). The molecule has 1 heterocycles. The molecule has 0 spiro atoms. The number of hydrazone groups is 1. The summed E-state index contributed by atoms with van der Waals surface area (Å²) in [5.74, 6) is 1.13. The largest absolute Gasteiger partial charge is 0.483 e. The molecule has 1 amide bonds. The van der Waals surface area contributed by atoms with Gasteiger partial charge in [0.25, 0.3) is 5.91 Å². The third-order valence-corrected chi connectivity index (χ3v) is 3.44. The Morgan fingerprint density at radius 2 is 2.00 bits per heavy atom. The minimum absolute atomic E-state index is 0.0571. The number of hydrogen-bond donors (Lipinski definition) is 1. The van der Waals surface area contributed by atoms with Crippen LogP contribution in [0.2, 0.25) is 0 Å². The summed E-state index contributed by atoms with van der Waals surface area (Å²) in [7, 11) is 0. The molecule has 0 aliphatic heterocycles. The molecule has 1 N–H and O–H groups in total. The molecule has 0 saturated heterocycles. The third kappa shape index (κ3) is 5.95. The minimum Gasteiger partial charge on any atom is -0.483 e. The number of ether oxygens (including phenoxy) is 1. The summed E-state index contributed by atoms with van der Waals surface area (Å²) in [6.07, 6.45) is 5.14. The fourth-order valence-corrected chi connectivity index (χ4v) is 2.16. The van der Waals surface area contributed by atoms with Gasteiger partial charge in [-0.25, -0.2) is 5.43 Å². The van der Waals surface area contributed by atoms with Crippen molar-refractivity contribution in [2.75, 3.05) is 6.61 Å². The first-order valence-corrected chi connectivity index (χ1v) is 8.13.